The van der Waals surface area contributed by atoms with Crippen molar-refractivity contribution in [1.82, 2.24) is 25.1 Å². The topological polar surface area (TPSA) is 73.4 Å². The molecule has 0 spiro atoms. The number of nitrogens with zero attached hydrogens (tertiary/aromatic N) is 4. The van der Waals surface area contributed by atoms with Crippen LogP contribution in [0.4, 0.5) is 5.95 Å². The zero-order valence-electron chi connectivity index (χ0n) is 20.3. The molecule has 0 radical (unpaired) electrons. The molecule has 3 heterocycles. The standard InChI is InChI=1S/C26H34N6OS/c1-17-15-28-26(27-10-5-11-32-13-12-31(3)16-18(32)2)30-24(17)23-14-21-20(6-4-7-22(21)34-23)25(33)29-19-8-9-19/h4,6-7,14-15,18-19H,5,8-13,16H2,1-3H3,(H,29,33)(H,27,28,30)/t18-/m1/s1. The molecule has 0 unspecified atom stereocenters. The van der Waals surface area contributed by atoms with Crippen molar-refractivity contribution in [3.63, 3.8) is 0 Å². The van der Waals surface area contributed by atoms with Crippen LogP contribution in [0, 0.1) is 6.92 Å². The van der Waals surface area contributed by atoms with Gasteiger partial charge in [0.15, 0.2) is 0 Å². The zero-order chi connectivity index (χ0) is 23.7. The lowest BCUT2D eigenvalue weighted by Crippen LogP contribution is -2.50. The summed E-state index contributed by atoms with van der Waals surface area (Å²) in [6.45, 7) is 9.69. The van der Waals surface area contributed by atoms with Gasteiger partial charge >= 0.3 is 0 Å². The highest BCUT2D eigenvalue weighted by Crippen LogP contribution is 2.36. The molecule has 1 aliphatic carbocycles. The highest BCUT2D eigenvalue weighted by molar-refractivity contribution is 7.22. The molecule has 1 aliphatic heterocycles. The minimum absolute atomic E-state index is 0.0221. The van der Waals surface area contributed by atoms with Crippen LogP contribution in [0.15, 0.2) is 30.5 Å². The van der Waals surface area contributed by atoms with Crippen LogP contribution in [0.5, 0.6) is 0 Å². The Balaban J connectivity index is 1.26. The summed E-state index contributed by atoms with van der Waals surface area (Å²) in [5.74, 6) is 0.685. The highest BCUT2D eigenvalue weighted by atomic mass is 32.1. The largest absolute Gasteiger partial charge is 0.354 e. The van der Waals surface area contributed by atoms with Crippen LogP contribution >= 0.6 is 11.3 Å². The van der Waals surface area contributed by atoms with E-state index in [1.807, 2.05) is 25.3 Å². The maximum Gasteiger partial charge on any atom is 0.252 e. The van der Waals surface area contributed by atoms with Gasteiger partial charge in [-0.1, -0.05) is 6.07 Å². The van der Waals surface area contributed by atoms with Crippen LogP contribution < -0.4 is 10.6 Å². The smallest absolute Gasteiger partial charge is 0.252 e. The SMILES string of the molecule is Cc1cnc(NCCCN2CCN(C)C[C@H]2C)nc1-c1cc2c(C(=O)NC3CC3)cccc2s1. The molecular weight excluding hydrogens is 444 g/mol. The number of rotatable bonds is 8. The number of carbonyl (C=O) groups is 1. The Morgan fingerprint density at radius 1 is 1.26 bits per heavy atom. The number of hydrogen-bond acceptors (Lipinski definition) is 7. The second-order valence-electron chi connectivity index (χ2n) is 9.73. The average Bonchev–Trinajstić information content (AvgIpc) is 3.52. The number of amides is 1. The predicted octanol–water partition coefficient (Wildman–Crippen LogP) is 4.00. The van der Waals surface area contributed by atoms with Gasteiger partial charge in [0.25, 0.3) is 5.91 Å². The molecule has 1 atom stereocenters. The third kappa shape index (κ3) is 5.24. The molecule has 2 aromatic heterocycles. The summed E-state index contributed by atoms with van der Waals surface area (Å²) in [7, 11) is 2.20. The van der Waals surface area contributed by atoms with Gasteiger partial charge < -0.3 is 15.5 Å². The fourth-order valence-corrected chi connectivity index (χ4v) is 5.78. The molecule has 1 saturated heterocycles. The summed E-state index contributed by atoms with van der Waals surface area (Å²) >= 11 is 1.68. The van der Waals surface area contributed by atoms with E-state index in [9.17, 15) is 4.79 Å². The molecule has 34 heavy (non-hydrogen) atoms. The number of carbonyl (C=O) groups excluding carboxylic acids is 1. The number of hydrogen-bond donors (Lipinski definition) is 2. The molecule has 2 aliphatic rings. The van der Waals surface area contributed by atoms with Crippen LogP contribution in [0.1, 0.15) is 42.1 Å². The van der Waals surface area contributed by atoms with Crippen LogP contribution in [0.3, 0.4) is 0 Å². The van der Waals surface area contributed by atoms with Crippen LogP contribution in [0.2, 0.25) is 0 Å². The van der Waals surface area contributed by atoms with E-state index in [4.69, 9.17) is 4.98 Å². The van der Waals surface area contributed by atoms with E-state index in [0.29, 0.717) is 18.0 Å². The number of likely N-dealkylation sites (N-methyl/N-ethyl adjacent to an activating group) is 1. The van der Waals surface area contributed by atoms with Crippen molar-refractivity contribution < 1.29 is 4.79 Å². The van der Waals surface area contributed by atoms with Crippen molar-refractivity contribution in [2.24, 2.45) is 0 Å². The van der Waals surface area contributed by atoms with Gasteiger partial charge in [0.2, 0.25) is 5.95 Å². The molecule has 8 heteroatoms. The fraction of sp³-hybridized carbons (Fsp3) is 0.500. The minimum atomic E-state index is 0.0221. The summed E-state index contributed by atoms with van der Waals surface area (Å²) in [6, 6.07) is 9.01. The molecule has 2 N–H and O–H groups in total. The Hall–Kier alpha value is -2.55. The first-order chi connectivity index (χ1) is 16.5. The lowest BCUT2D eigenvalue weighted by Gasteiger charge is -2.38. The maximum absolute atomic E-state index is 12.7. The van der Waals surface area contributed by atoms with Crippen molar-refractivity contribution in [2.75, 3.05) is 45.1 Å². The molecule has 3 aromatic rings. The third-order valence-corrected chi connectivity index (χ3v) is 7.90. The van der Waals surface area contributed by atoms with Crippen molar-refractivity contribution in [2.45, 2.75) is 45.2 Å². The fourth-order valence-electron chi connectivity index (χ4n) is 4.63. The number of fused-ring (bicyclic) bond motifs is 1. The molecule has 1 saturated carbocycles. The van der Waals surface area contributed by atoms with E-state index in [0.717, 1.165) is 83.8 Å². The van der Waals surface area contributed by atoms with Gasteiger partial charge in [0.05, 0.1) is 10.6 Å². The summed E-state index contributed by atoms with van der Waals surface area (Å²) in [5.41, 5.74) is 2.71. The molecule has 7 nitrogen and oxygen atoms in total. The predicted molar refractivity (Wildman–Crippen MR) is 140 cm³/mol. The summed E-state index contributed by atoms with van der Waals surface area (Å²) < 4.78 is 1.10. The van der Waals surface area contributed by atoms with Gasteiger partial charge in [-0.2, -0.15) is 0 Å². The molecule has 1 amide bonds. The first-order valence-corrected chi connectivity index (χ1v) is 13.1. The van der Waals surface area contributed by atoms with E-state index in [1.54, 1.807) is 11.3 Å². The first kappa shape index (κ1) is 23.2. The van der Waals surface area contributed by atoms with E-state index < -0.39 is 0 Å². The van der Waals surface area contributed by atoms with Crippen molar-refractivity contribution in [3.8, 4) is 10.6 Å². The van der Waals surface area contributed by atoms with Crippen molar-refractivity contribution in [1.29, 1.82) is 0 Å². The van der Waals surface area contributed by atoms with Gasteiger partial charge in [-0.05, 0) is 63.9 Å². The van der Waals surface area contributed by atoms with E-state index in [1.165, 1.54) is 0 Å². The number of aromatic nitrogens is 2. The van der Waals surface area contributed by atoms with Crippen LogP contribution in [-0.4, -0.2) is 77.5 Å². The minimum Gasteiger partial charge on any atom is -0.354 e. The number of thiophene rings is 1. The second-order valence-corrected chi connectivity index (χ2v) is 10.8. The highest BCUT2D eigenvalue weighted by Gasteiger charge is 2.25. The van der Waals surface area contributed by atoms with Gasteiger partial charge in [-0.15, -0.1) is 11.3 Å². The lowest BCUT2D eigenvalue weighted by atomic mass is 10.1. The number of nitrogens with one attached hydrogen (secondary N) is 2. The number of aryl methyl sites for hydroxylation is 1. The average molecular weight is 479 g/mol. The van der Waals surface area contributed by atoms with Crippen LogP contribution in [-0.2, 0) is 0 Å². The molecule has 2 fully saturated rings. The van der Waals surface area contributed by atoms with Crippen LogP contribution in [0.25, 0.3) is 20.7 Å². The molecule has 1 aromatic carbocycles. The monoisotopic (exact) mass is 478 g/mol. The first-order valence-electron chi connectivity index (χ1n) is 12.3. The van der Waals surface area contributed by atoms with Crippen molar-refractivity contribution >= 4 is 33.3 Å². The lowest BCUT2D eigenvalue weighted by molar-refractivity contribution is 0.0952. The van der Waals surface area contributed by atoms with Gasteiger partial charge in [0, 0.05) is 66.7 Å². The van der Waals surface area contributed by atoms with Gasteiger partial charge in [-0.25, -0.2) is 9.97 Å². The quantitative estimate of drug-likeness (QED) is 0.477. The molecule has 0 bridgehead atoms. The Bertz CT molecular complexity index is 1170. The number of anilines is 1. The Morgan fingerprint density at radius 2 is 2.12 bits per heavy atom. The molecule has 180 valence electrons. The summed E-state index contributed by atoms with van der Waals surface area (Å²) in [4.78, 5) is 28.1. The Morgan fingerprint density at radius 3 is 2.91 bits per heavy atom. The summed E-state index contributed by atoms with van der Waals surface area (Å²) in [5, 5.41) is 7.53. The second kappa shape index (κ2) is 9.98. The Kier molecular flexibility index (Phi) is 6.81. The normalized spacial score (nSPS) is 19.4. The van der Waals surface area contributed by atoms with Gasteiger partial charge in [-0.3, -0.25) is 9.69 Å². The van der Waals surface area contributed by atoms with Gasteiger partial charge in [0.1, 0.15) is 0 Å². The number of benzene rings is 1. The Labute approximate surface area is 205 Å². The van der Waals surface area contributed by atoms with E-state index >= 15 is 0 Å². The summed E-state index contributed by atoms with van der Waals surface area (Å²) in [6.07, 6.45) is 5.11. The third-order valence-electron chi connectivity index (χ3n) is 6.80. The van der Waals surface area contributed by atoms with Crippen molar-refractivity contribution in [3.05, 3.63) is 41.6 Å². The van der Waals surface area contributed by atoms with E-state index in [2.05, 4.69) is 51.5 Å². The maximum atomic E-state index is 12.7. The number of piperazine rings is 1. The zero-order valence-corrected chi connectivity index (χ0v) is 21.1. The molecule has 5 rings (SSSR count). The van der Waals surface area contributed by atoms with E-state index in [-0.39, 0.29) is 5.91 Å². The molecular formula is C26H34N6OS.